The molecule has 2 nitrogen and oxygen atoms in total. The molecule has 1 aliphatic rings. The van der Waals surface area contributed by atoms with E-state index in [1.165, 1.54) is 5.57 Å². The standard InChI is InChI=1S/C14H17BrO2/c1-9(2)11-7-14(17-8-13(11)16)10-5-3-4-6-12(10)15/h3-6,13-14,16H,7-8H2,1-2H3/t13-,14-/m1/s1. The molecule has 0 radical (unpaired) electrons. The van der Waals surface area contributed by atoms with Gasteiger partial charge >= 0.3 is 0 Å². The Labute approximate surface area is 110 Å². The van der Waals surface area contributed by atoms with Gasteiger partial charge in [-0.25, -0.2) is 0 Å². The SMILES string of the molecule is CC(C)=C1C[C@H](c2ccccc2Br)OC[C@H]1O. The van der Waals surface area contributed by atoms with E-state index in [-0.39, 0.29) is 6.10 Å². The minimum atomic E-state index is -0.446. The molecule has 0 bridgehead atoms. The number of aliphatic hydroxyl groups is 1. The summed E-state index contributed by atoms with van der Waals surface area (Å²) in [5.41, 5.74) is 3.45. The molecule has 3 heteroatoms. The Morgan fingerprint density at radius 2 is 2.06 bits per heavy atom. The van der Waals surface area contributed by atoms with Gasteiger partial charge in [0.1, 0.15) is 0 Å². The molecule has 0 spiro atoms. The van der Waals surface area contributed by atoms with Crippen LogP contribution in [0, 0.1) is 0 Å². The highest BCUT2D eigenvalue weighted by atomic mass is 79.9. The first-order valence-corrected chi connectivity index (χ1v) is 6.59. The van der Waals surface area contributed by atoms with Crippen molar-refractivity contribution in [2.45, 2.75) is 32.5 Å². The van der Waals surface area contributed by atoms with Crippen LogP contribution in [0.15, 0.2) is 39.9 Å². The van der Waals surface area contributed by atoms with Crippen LogP contribution in [0.4, 0.5) is 0 Å². The maximum Gasteiger partial charge on any atom is 0.0987 e. The van der Waals surface area contributed by atoms with Crippen LogP contribution in [-0.2, 0) is 4.74 Å². The molecule has 2 atom stereocenters. The van der Waals surface area contributed by atoms with E-state index in [4.69, 9.17) is 4.74 Å². The zero-order valence-corrected chi connectivity index (χ0v) is 11.7. The molecule has 1 fully saturated rings. The van der Waals surface area contributed by atoms with Crippen molar-refractivity contribution in [2.75, 3.05) is 6.61 Å². The second-order valence-electron chi connectivity index (χ2n) is 4.59. The van der Waals surface area contributed by atoms with Crippen molar-refractivity contribution in [3.05, 3.63) is 45.4 Å². The lowest BCUT2D eigenvalue weighted by Gasteiger charge is -2.30. The van der Waals surface area contributed by atoms with Gasteiger partial charge in [0.2, 0.25) is 0 Å². The Morgan fingerprint density at radius 3 is 2.71 bits per heavy atom. The third kappa shape index (κ3) is 2.79. The summed E-state index contributed by atoms with van der Waals surface area (Å²) >= 11 is 3.55. The molecule has 1 aromatic carbocycles. The molecule has 2 rings (SSSR count). The number of hydrogen-bond acceptors (Lipinski definition) is 2. The summed E-state index contributed by atoms with van der Waals surface area (Å²) in [6.07, 6.45) is 0.365. The maximum atomic E-state index is 9.88. The van der Waals surface area contributed by atoms with Crippen LogP contribution in [0.5, 0.6) is 0 Å². The molecular weight excluding hydrogens is 280 g/mol. The fourth-order valence-corrected chi connectivity index (χ4v) is 2.72. The van der Waals surface area contributed by atoms with Crippen LogP contribution in [0.25, 0.3) is 0 Å². The van der Waals surface area contributed by atoms with Crippen molar-refractivity contribution in [3.63, 3.8) is 0 Å². The molecule has 0 unspecified atom stereocenters. The summed E-state index contributed by atoms with van der Waals surface area (Å²) in [7, 11) is 0. The number of benzene rings is 1. The van der Waals surface area contributed by atoms with Gasteiger partial charge in [-0.05, 0) is 31.1 Å². The first kappa shape index (κ1) is 12.8. The first-order valence-electron chi connectivity index (χ1n) is 5.80. The van der Waals surface area contributed by atoms with Crippen LogP contribution >= 0.6 is 15.9 Å². The van der Waals surface area contributed by atoms with E-state index in [2.05, 4.69) is 22.0 Å². The molecule has 17 heavy (non-hydrogen) atoms. The van der Waals surface area contributed by atoms with Crippen LogP contribution in [-0.4, -0.2) is 17.8 Å². The van der Waals surface area contributed by atoms with E-state index in [1.54, 1.807) is 0 Å². The van der Waals surface area contributed by atoms with Crippen molar-refractivity contribution < 1.29 is 9.84 Å². The molecule has 0 aliphatic carbocycles. The Bertz CT molecular complexity index is 436. The normalized spacial score (nSPS) is 24.8. The van der Waals surface area contributed by atoms with Gasteiger partial charge in [0, 0.05) is 10.9 Å². The molecule has 92 valence electrons. The molecule has 1 aromatic rings. The van der Waals surface area contributed by atoms with Crippen molar-refractivity contribution in [3.8, 4) is 0 Å². The monoisotopic (exact) mass is 296 g/mol. The zero-order chi connectivity index (χ0) is 12.4. The number of aliphatic hydroxyl groups excluding tert-OH is 1. The average molecular weight is 297 g/mol. The fraction of sp³-hybridized carbons (Fsp3) is 0.429. The average Bonchev–Trinajstić information content (AvgIpc) is 2.30. The lowest BCUT2D eigenvalue weighted by molar-refractivity contribution is -0.0284. The number of hydrogen-bond donors (Lipinski definition) is 1. The van der Waals surface area contributed by atoms with Gasteiger partial charge in [-0.15, -0.1) is 0 Å². The van der Waals surface area contributed by atoms with E-state index >= 15 is 0 Å². The Kier molecular flexibility index (Phi) is 4.02. The molecular formula is C14H17BrO2. The largest absolute Gasteiger partial charge is 0.386 e. The molecule has 0 aromatic heterocycles. The smallest absolute Gasteiger partial charge is 0.0987 e. The number of ether oxygens (including phenoxy) is 1. The topological polar surface area (TPSA) is 29.5 Å². The van der Waals surface area contributed by atoms with E-state index in [0.717, 1.165) is 22.0 Å². The summed E-state index contributed by atoms with van der Waals surface area (Å²) < 4.78 is 6.79. The maximum absolute atomic E-state index is 9.88. The molecule has 0 amide bonds. The van der Waals surface area contributed by atoms with Gasteiger partial charge in [0.25, 0.3) is 0 Å². The van der Waals surface area contributed by atoms with Crippen LogP contribution in [0.3, 0.4) is 0 Å². The van der Waals surface area contributed by atoms with Crippen LogP contribution in [0.1, 0.15) is 31.9 Å². The zero-order valence-electron chi connectivity index (χ0n) is 10.1. The lowest BCUT2D eigenvalue weighted by Crippen LogP contribution is -2.28. The summed E-state index contributed by atoms with van der Waals surface area (Å²) in [6, 6.07) is 8.09. The Hall–Kier alpha value is -0.640. The predicted molar refractivity (Wildman–Crippen MR) is 71.8 cm³/mol. The van der Waals surface area contributed by atoms with Gasteiger partial charge in [0.05, 0.1) is 18.8 Å². The third-order valence-corrected chi connectivity index (χ3v) is 3.88. The minimum Gasteiger partial charge on any atom is -0.386 e. The minimum absolute atomic E-state index is 0.0406. The van der Waals surface area contributed by atoms with E-state index < -0.39 is 6.10 Å². The number of allylic oxidation sites excluding steroid dienone is 1. The highest BCUT2D eigenvalue weighted by Gasteiger charge is 2.27. The molecule has 1 N–H and O–H groups in total. The van der Waals surface area contributed by atoms with Gasteiger partial charge in [0.15, 0.2) is 0 Å². The summed E-state index contributed by atoms with van der Waals surface area (Å²) in [6.45, 7) is 4.47. The summed E-state index contributed by atoms with van der Waals surface area (Å²) in [5, 5.41) is 9.88. The summed E-state index contributed by atoms with van der Waals surface area (Å²) in [4.78, 5) is 0. The lowest BCUT2D eigenvalue weighted by atomic mass is 9.92. The predicted octanol–water partition coefficient (Wildman–Crippen LogP) is 3.61. The van der Waals surface area contributed by atoms with Gasteiger partial charge in [-0.3, -0.25) is 0 Å². The van der Waals surface area contributed by atoms with E-state index in [0.29, 0.717) is 6.61 Å². The summed E-state index contributed by atoms with van der Waals surface area (Å²) in [5.74, 6) is 0. The van der Waals surface area contributed by atoms with Crippen LogP contribution < -0.4 is 0 Å². The Morgan fingerprint density at radius 1 is 1.35 bits per heavy atom. The fourth-order valence-electron chi connectivity index (χ4n) is 2.18. The van der Waals surface area contributed by atoms with E-state index in [1.807, 2.05) is 32.0 Å². The van der Waals surface area contributed by atoms with E-state index in [9.17, 15) is 5.11 Å². The number of halogens is 1. The molecule has 1 heterocycles. The van der Waals surface area contributed by atoms with Crippen molar-refractivity contribution in [1.82, 2.24) is 0 Å². The van der Waals surface area contributed by atoms with Gasteiger partial charge in [-0.2, -0.15) is 0 Å². The Balaban J connectivity index is 2.26. The van der Waals surface area contributed by atoms with Crippen LogP contribution in [0.2, 0.25) is 0 Å². The molecule has 0 saturated carbocycles. The first-order chi connectivity index (χ1) is 8.09. The van der Waals surface area contributed by atoms with Gasteiger partial charge < -0.3 is 9.84 Å². The highest BCUT2D eigenvalue weighted by Crippen LogP contribution is 2.36. The van der Waals surface area contributed by atoms with Crippen molar-refractivity contribution >= 4 is 15.9 Å². The third-order valence-electron chi connectivity index (χ3n) is 3.16. The second-order valence-corrected chi connectivity index (χ2v) is 5.44. The molecule has 1 aliphatic heterocycles. The van der Waals surface area contributed by atoms with Crippen molar-refractivity contribution in [2.24, 2.45) is 0 Å². The molecule has 1 saturated heterocycles. The quantitative estimate of drug-likeness (QED) is 0.802. The number of rotatable bonds is 1. The van der Waals surface area contributed by atoms with Crippen molar-refractivity contribution in [1.29, 1.82) is 0 Å². The second kappa shape index (κ2) is 5.34. The van der Waals surface area contributed by atoms with Gasteiger partial charge in [-0.1, -0.05) is 39.7 Å². The highest BCUT2D eigenvalue weighted by molar-refractivity contribution is 9.10.